The minimum absolute atomic E-state index is 0.0795. The molecule has 0 radical (unpaired) electrons. The number of carbonyl (C=O) groups is 1. The van der Waals surface area contributed by atoms with Gasteiger partial charge < -0.3 is 5.32 Å². The van der Waals surface area contributed by atoms with Crippen LogP contribution in [0.5, 0.6) is 0 Å². The third kappa shape index (κ3) is 3.93. The highest BCUT2D eigenvalue weighted by molar-refractivity contribution is 5.87. The zero-order chi connectivity index (χ0) is 16.3. The predicted octanol–water partition coefficient (Wildman–Crippen LogP) is 2.29. The van der Waals surface area contributed by atoms with Crippen molar-refractivity contribution in [2.24, 2.45) is 7.05 Å². The molecule has 1 aromatic heterocycles. The molecule has 0 aliphatic rings. The first kappa shape index (κ1) is 15.7. The number of nitrogens with one attached hydrogen (secondary N) is 2. The molecule has 0 saturated heterocycles. The number of aromatic nitrogens is 3. The molecule has 2 aromatic rings. The van der Waals surface area contributed by atoms with Crippen LogP contribution in [0.3, 0.4) is 0 Å². The molecule has 2 rings (SSSR count). The molecular formula is C12H11F4N5O. The topological polar surface area (TPSA) is 71.8 Å². The van der Waals surface area contributed by atoms with Crippen LogP contribution in [0, 0.1) is 5.82 Å². The van der Waals surface area contributed by atoms with Crippen LogP contribution in [0.15, 0.2) is 24.3 Å². The monoisotopic (exact) mass is 317 g/mol. The summed E-state index contributed by atoms with van der Waals surface area (Å²) in [5.41, 5.74) is 0.630. The first-order chi connectivity index (χ1) is 10.3. The fourth-order valence-electron chi connectivity index (χ4n) is 1.54. The Bertz CT molecular complexity index is 665. The molecule has 0 saturated carbocycles. The van der Waals surface area contributed by atoms with Crippen LogP contribution in [0.2, 0.25) is 0 Å². The highest BCUT2D eigenvalue weighted by Crippen LogP contribution is 2.26. The van der Waals surface area contributed by atoms with E-state index in [9.17, 15) is 22.4 Å². The van der Waals surface area contributed by atoms with Crippen molar-refractivity contribution in [1.29, 1.82) is 0 Å². The first-order valence-electron chi connectivity index (χ1n) is 6.03. The van der Waals surface area contributed by atoms with E-state index in [0.717, 1.165) is 4.68 Å². The van der Waals surface area contributed by atoms with Crippen molar-refractivity contribution in [2.75, 3.05) is 5.32 Å². The van der Waals surface area contributed by atoms with Gasteiger partial charge in [0.05, 0.1) is 0 Å². The Labute approximate surface area is 122 Å². The predicted molar refractivity (Wildman–Crippen MR) is 68.3 cm³/mol. The van der Waals surface area contributed by atoms with Crippen LogP contribution >= 0.6 is 0 Å². The molecule has 1 heterocycles. The highest BCUT2D eigenvalue weighted by Gasteiger charge is 2.37. The number of rotatable bonds is 3. The zero-order valence-electron chi connectivity index (χ0n) is 11.3. The van der Waals surface area contributed by atoms with Crippen molar-refractivity contribution in [2.45, 2.75) is 12.7 Å². The number of halogens is 4. The van der Waals surface area contributed by atoms with Crippen molar-refractivity contribution in [3.63, 3.8) is 0 Å². The number of carbonyl (C=O) groups excluding carboxylic acids is 1. The summed E-state index contributed by atoms with van der Waals surface area (Å²) in [7, 11) is 1.22. The van der Waals surface area contributed by atoms with E-state index in [2.05, 4.69) is 20.7 Å². The number of benzene rings is 1. The maximum Gasteiger partial charge on any atom is 0.453 e. The van der Waals surface area contributed by atoms with Gasteiger partial charge >= 0.3 is 12.2 Å². The Morgan fingerprint density at radius 2 is 1.91 bits per heavy atom. The second-order valence-corrected chi connectivity index (χ2v) is 4.31. The summed E-state index contributed by atoms with van der Waals surface area (Å²) in [6.07, 6.45) is -4.69. The Morgan fingerprint density at radius 3 is 2.45 bits per heavy atom. The molecule has 2 N–H and O–H groups in total. The second-order valence-electron chi connectivity index (χ2n) is 4.31. The second kappa shape index (κ2) is 6.00. The van der Waals surface area contributed by atoms with Gasteiger partial charge in [-0.15, -0.1) is 5.10 Å². The Kier molecular flexibility index (Phi) is 4.29. The van der Waals surface area contributed by atoms with Crippen molar-refractivity contribution >= 4 is 12.0 Å². The number of anilines is 1. The van der Waals surface area contributed by atoms with Crippen LogP contribution in [-0.2, 0) is 19.8 Å². The molecule has 0 atom stereocenters. The van der Waals surface area contributed by atoms with Gasteiger partial charge in [0.1, 0.15) is 5.82 Å². The van der Waals surface area contributed by atoms with Crippen LogP contribution in [0.25, 0.3) is 0 Å². The number of hydrogen-bond donors (Lipinski definition) is 2. The van der Waals surface area contributed by atoms with Gasteiger partial charge in [0.15, 0.2) is 0 Å². The van der Waals surface area contributed by atoms with E-state index in [1.807, 2.05) is 0 Å². The van der Waals surface area contributed by atoms with E-state index < -0.39 is 23.8 Å². The smallest absolute Gasteiger partial charge is 0.334 e. The minimum Gasteiger partial charge on any atom is -0.334 e. The Hall–Kier alpha value is -2.65. The molecule has 0 spiro atoms. The molecule has 1 aromatic carbocycles. The summed E-state index contributed by atoms with van der Waals surface area (Å²) >= 11 is 0. The summed E-state index contributed by atoms with van der Waals surface area (Å²) in [6.45, 7) is 0.0795. The fourth-order valence-corrected chi connectivity index (χ4v) is 1.54. The first-order valence-corrected chi connectivity index (χ1v) is 6.03. The molecule has 0 unspecified atom stereocenters. The number of hydrogen-bond acceptors (Lipinski definition) is 3. The van der Waals surface area contributed by atoms with Crippen molar-refractivity contribution in [3.05, 3.63) is 41.5 Å². The van der Waals surface area contributed by atoms with E-state index in [1.165, 1.54) is 31.3 Å². The van der Waals surface area contributed by atoms with E-state index in [1.54, 1.807) is 0 Å². The largest absolute Gasteiger partial charge is 0.453 e. The Balaban J connectivity index is 1.95. The lowest BCUT2D eigenvalue weighted by molar-refractivity contribution is -0.144. The SMILES string of the molecule is Cn1nc(C(F)(F)F)nc1NC(=O)NCc1ccc(F)cc1. The van der Waals surface area contributed by atoms with Gasteiger partial charge in [-0.1, -0.05) is 12.1 Å². The van der Waals surface area contributed by atoms with Gasteiger partial charge in [0.25, 0.3) is 5.82 Å². The zero-order valence-corrected chi connectivity index (χ0v) is 11.3. The minimum atomic E-state index is -4.69. The van der Waals surface area contributed by atoms with Crippen LogP contribution < -0.4 is 10.6 Å². The highest BCUT2D eigenvalue weighted by atomic mass is 19.4. The lowest BCUT2D eigenvalue weighted by Gasteiger charge is -2.06. The average Bonchev–Trinajstić information content (AvgIpc) is 2.80. The Morgan fingerprint density at radius 1 is 1.27 bits per heavy atom. The summed E-state index contributed by atoms with van der Waals surface area (Å²) in [6, 6.07) is 4.65. The lowest BCUT2D eigenvalue weighted by atomic mass is 10.2. The maximum absolute atomic E-state index is 12.7. The van der Waals surface area contributed by atoms with Gasteiger partial charge in [-0.05, 0) is 17.7 Å². The summed E-state index contributed by atoms with van der Waals surface area (Å²) in [5, 5.41) is 7.72. The third-order valence-electron chi connectivity index (χ3n) is 2.61. The van der Waals surface area contributed by atoms with E-state index in [0.29, 0.717) is 5.56 Å². The van der Waals surface area contributed by atoms with E-state index >= 15 is 0 Å². The van der Waals surface area contributed by atoms with Gasteiger partial charge in [0, 0.05) is 13.6 Å². The number of urea groups is 1. The van der Waals surface area contributed by atoms with Crippen LogP contribution in [-0.4, -0.2) is 20.8 Å². The average molecular weight is 317 g/mol. The van der Waals surface area contributed by atoms with Gasteiger partial charge in [-0.3, -0.25) is 5.32 Å². The lowest BCUT2D eigenvalue weighted by Crippen LogP contribution is -2.29. The molecule has 0 aliphatic carbocycles. The number of alkyl halides is 3. The molecule has 10 heteroatoms. The molecule has 22 heavy (non-hydrogen) atoms. The fraction of sp³-hybridized carbons (Fsp3) is 0.250. The molecule has 6 nitrogen and oxygen atoms in total. The van der Waals surface area contributed by atoms with Gasteiger partial charge in [-0.25, -0.2) is 13.9 Å². The van der Waals surface area contributed by atoms with Crippen molar-refractivity contribution in [1.82, 2.24) is 20.1 Å². The summed E-state index contributed by atoms with van der Waals surface area (Å²) in [4.78, 5) is 14.8. The maximum atomic E-state index is 12.7. The third-order valence-corrected chi connectivity index (χ3v) is 2.61. The molecular weight excluding hydrogens is 306 g/mol. The summed E-state index contributed by atoms with van der Waals surface area (Å²) in [5.74, 6) is -2.10. The van der Waals surface area contributed by atoms with Crippen molar-refractivity contribution < 1.29 is 22.4 Å². The molecule has 0 fully saturated rings. The van der Waals surface area contributed by atoms with E-state index in [-0.39, 0.29) is 12.5 Å². The van der Waals surface area contributed by atoms with Gasteiger partial charge in [0.2, 0.25) is 5.95 Å². The number of aryl methyl sites for hydroxylation is 1. The van der Waals surface area contributed by atoms with Crippen LogP contribution in [0.1, 0.15) is 11.4 Å². The standard InChI is InChI=1S/C12H11F4N5O/c1-21-10(18-9(20-21)12(14,15)16)19-11(22)17-6-7-2-4-8(13)5-3-7/h2-5H,6H2,1H3,(H2,17,18,19,20,22). The molecule has 0 bridgehead atoms. The quantitative estimate of drug-likeness (QED) is 0.853. The number of nitrogens with zero attached hydrogens (tertiary/aromatic N) is 3. The van der Waals surface area contributed by atoms with Crippen molar-refractivity contribution in [3.8, 4) is 0 Å². The normalized spacial score (nSPS) is 11.3. The van der Waals surface area contributed by atoms with E-state index in [4.69, 9.17) is 0 Å². The molecule has 118 valence electrons. The van der Waals surface area contributed by atoms with Crippen LogP contribution in [0.4, 0.5) is 28.3 Å². The van der Waals surface area contributed by atoms with Gasteiger partial charge in [-0.2, -0.15) is 18.2 Å². The molecule has 0 aliphatic heterocycles. The molecule has 2 amide bonds. The summed E-state index contributed by atoms with van der Waals surface area (Å²) < 4.78 is 50.8. The number of amides is 2.